The second-order valence-corrected chi connectivity index (χ2v) is 5.78. The Morgan fingerprint density at radius 3 is 2.86 bits per heavy atom. The van der Waals surface area contributed by atoms with Gasteiger partial charge < -0.3 is 19.5 Å². The molecule has 4 nitrogen and oxygen atoms in total. The molecule has 0 radical (unpaired) electrons. The molecule has 2 aromatic rings. The molecule has 1 N–H and O–H groups in total. The molecule has 0 amide bonds. The van der Waals surface area contributed by atoms with E-state index in [0.29, 0.717) is 19.8 Å². The van der Waals surface area contributed by atoms with Gasteiger partial charge in [-0.15, -0.1) is 0 Å². The predicted molar refractivity (Wildman–Crippen MR) is 88.8 cm³/mol. The fourth-order valence-corrected chi connectivity index (χ4v) is 2.63. The van der Waals surface area contributed by atoms with E-state index >= 15 is 0 Å². The Morgan fingerprint density at radius 1 is 1.09 bits per heavy atom. The van der Waals surface area contributed by atoms with E-state index in [0.717, 1.165) is 40.4 Å². The SMILES string of the molecule is Brc1ccccc1OCCOc1ccc2c(c1)OCCNC2. The molecule has 0 unspecified atom stereocenters. The van der Waals surface area contributed by atoms with Crippen LogP contribution in [0.15, 0.2) is 46.9 Å². The second-order valence-electron chi connectivity index (χ2n) is 4.92. The Kier molecular flexibility index (Phi) is 5.19. The zero-order valence-corrected chi connectivity index (χ0v) is 13.8. The van der Waals surface area contributed by atoms with Crippen LogP contribution in [-0.4, -0.2) is 26.4 Å². The molecule has 3 rings (SSSR count). The lowest BCUT2D eigenvalue weighted by Crippen LogP contribution is -2.16. The molecule has 22 heavy (non-hydrogen) atoms. The van der Waals surface area contributed by atoms with Crippen molar-refractivity contribution in [1.29, 1.82) is 0 Å². The smallest absolute Gasteiger partial charge is 0.133 e. The van der Waals surface area contributed by atoms with Gasteiger partial charge in [-0.25, -0.2) is 0 Å². The topological polar surface area (TPSA) is 39.7 Å². The molecule has 5 heteroatoms. The molecular weight excluding hydrogens is 346 g/mol. The zero-order chi connectivity index (χ0) is 15.2. The van der Waals surface area contributed by atoms with Crippen molar-refractivity contribution in [3.8, 4) is 17.2 Å². The second kappa shape index (κ2) is 7.51. The molecule has 0 spiro atoms. The van der Waals surface area contributed by atoms with Gasteiger partial charge in [0.25, 0.3) is 0 Å². The maximum atomic E-state index is 5.73. The highest BCUT2D eigenvalue weighted by molar-refractivity contribution is 9.10. The standard InChI is InChI=1S/C17H18BrNO3/c18-15-3-1-2-4-16(15)22-10-9-20-14-6-5-13-12-19-7-8-21-17(13)11-14/h1-6,11,19H,7-10,12H2. The molecule has 1 heterocycles. The van der Waals surface area contributed by atoms with E-state index in [1.54, 1.807) is 0 Å². The molecule has 0 saturated heterocycles. The number of para-hydroxylation sites is 1. The van der Waals surface area contributed by atoms with Gasteiger partial charge in [0.15, 0.2) is 0 Å². The Labute approximate surface area is 138 Å². The molecular formula is C17H18BrNO3. The van der Waals surface area contributed by atoms with E-state index in [9.17, 15) is 0 Å². The third-order valence-corrected chi connectivity index (χ3v) is 3.99. The number of fused-ring (bicyclic) bond motifs is 1. The normalized spacial score (nSPS) is 13.7. The average Bonchev–Trinajstić information content (AvgIpc) is 2.78. The first kappa shape index (κ1) is 15.2. The molecule has 116 valence electrons. The first-order chi connectivity index (χ1) is 10.8. The molecule has 0 fully saturated rings. The Hall–Kier alpha value is -1.72. The number of nitrogens with one attached hydrogen (secondary N) is 1. The zero-order valence-electron chi connectivity index (χ0n) is 12.2. The molecule has 1 aliphatic rings. The number of rotatable bonds is 5. The van der Waals surface area contributed by atoms with E-state index in [2.05, 4.69) is 21.2 Å². The number of benzene rings is 2. The summed E-state index contributed by atoms with van der Waals surface area (Å²) in [6.45, 7) is 3.35. The van der Waals surface area contributed by atoms with Crippen molar-refractivity contribution in [2.24, 2.45) is 0 Å². The summed E-state index contributed by atoms with van der Waals surface area (Å²) in [5.74, 6) is 2.52. The molecule has 0 aromatic heterocycles. The highest BCUT2D eigenvalue weighted by Crippen LogP contribution is 2.26. The number of hydrogen-bond acceptors (Lipinski definition) is 4. The fourth-order valence-electron chi connectivity index (χ4n) is 2.23. The van der Waals surface area contributed by atoms with Crippen molar-refractivity contribution in [3.05, 3.63) is 52.5 Å². The monoisotopic (exact) mass is 363 g/mol. The van der Waals surface area contributed by atoms with Crippen molar-refractivity contribution in [2.75, 3.05) is 26.4 Å². The lowest BCUT2D eigenvalue weighted by molar-refractivity contribution is 0.215. The van der Waals surface area contributed by atoms with Gasteiger partial charge in [-0.05, 0) is 34.1 Å². The quantitative estimate of drug-likeness (QED) is 0.826. The van der Waals surface area contributed by atoms with Crippen molar-refractivity contribution < 1.29 is 14.2 Å². The van der Waals surface area contributed by atoms with Crippen LogP contribution in [-0.2, 0) is 6.54 Å². The van der Waals surface area contributed by atoms with E-state index in [-0.39, 0.29) is 0 Å². The van der Waals surface area contributed by atoms with Crippen LogP contribution in [0.25, 0.3) is 0 Å². The van der Waals surface area contributed by atoms with Crippen molar-refractivity contribution in [3.63, 3.8) is 0 Å². The molecule has 0 bridgehead atoms. The number of hydrogen-bond donors (Lipinski definition) is 1. The maximum Gasteiger partial charge on any atom is 0.133 e. The van der Waals surface area contributed by atoms with E-state index in [4.69, 9.17) is 14.2 Å². The molecule has 1 aliphatic heterocycles. The van der Waals surface area contributed by atoms with Crippen molar-refractivity contribution >= 4 is 15.9 Å². The van der Waals surface area contributed by atoms with Crippen LogP contribution in [0.2, 0.25) is 0 Å². The van der Waals surface area contributed by atoms with E-state index in [1.165, 1.54) is 0 Å². The lowest BCUT2D eigenvalue weighted by atomic mass is 10.2. The third kappa shape index (κ3) is 3.93. The Balaban J connectivity index is 1.52. The summed E-state index contributed by atoms with van der Waals surface area (Å²) in [6.07, 6.45) is 0. The van der Waals surface area contributed by atoms with Crippen LogP contribution in [0, 0.1) is 0 Å². The van der Waals surface area contributed by atoms with Gasteiger partial charge in [0.2, 0.25) is 0 Å². The average molecular weight is 364 g/mol. The molecule has 0 aliphatic carbocycles. The first-order valence-electron chi connectivity index (χ1n) is 7.29. The van der Waals surface area contributed by atoms with Crippen LogP contribution >= 0.6 is 15.9 Å². The summed E-state index contributed by atoms with van der Waals surface area (Å²) in [4.78, 5) is 0. The molecule has 0 atom stereocenters. The van der Waals surface area contributed by atoms with Crippen LogP contribution in [0.3, 0.4) is 0 Å². The van der Waals surface area contributed by atoms with Gasteiger partial charge in [0.05, 0.1) is 4.47 Å². The minimum atomic E-state index is 0.484. The van der Waals surface area contributed by atoms with Gasteiger partial charge in [0.1, 0.15) is 37.1 Å². The van der Waals surface area contributed by atoms with Crippen LogP contribution in [0.1, 0.15) is 5.56 Å². The largest absolute Gasteiger partial charge is 0.492 e. The lowest BCUT2D eigenvalue weighted by Gasteiger charge is -2.12. The summed E-state index contributed by atoms with van der Waals surface area (Å²) < 4.78 is 18.1. The maximum absolute atomic E-state index is 5.73. The number of halogens is 1. The summed E-state index contributed by atoms with van der Waals surface area (Å²) in [5, 5.41) is 3.31. The predicted octanol–water partition coefficient (Wildman–Crippen LogP) is 3.39. The van der Waals surface area contributed by atoms with Gasteiger partial charge in [-0.3, -0.25) is 0 Å². The minimum absolute atomic E-state index is 0.484. The third-order valence-electron chi connectivity index (χ3n) is 3.34. The highest BCUT2D eigenvalue weighted by atomic mass is 79.9. The van der Waals surface area contributed by atoms with Gasteiger partial charge >= 0.3 is 0 Å². The Morgan fingerprint density at radius 2 is 1.95 bits per heavy atom. The van der Waals surface area contributed by atoms with Gasteiger partial charge in [-0.1, -0.05) is 18.2 Å². The van der Waals surface area contributed by atoms with Crippen LogP contribution < -0.4 is 19.5 Å². The number of ether oxygens (including phenoxy) is 3. The summed E-state index contributed by atoms with van der Waals surface area (Å²) in [5.41, 5.74) is 1.16. The molecule has 2 aromatic carbocycles. The minimum Gasteiger partial charge on any atom is -0.492 e. The fraction of sp³-hybridized carbons (Fsp3) is 0.294. The van der Waals surface area contributed by atoms with E-state index in [1.807, 2.05) is 42.5 Å². The van der Waals surface area contributed by atoms with Crippen molar-refractivity contribution in [2.45, 2.75) is 6.54 Å². The van der Waals surface area contributed by atoms with Crippen molar-refractivity contribution in [1.82, 2.24) is 5.32 Å². The summed E-state index contributed by atoms with van der Waals surface area (Å²) >= 11 is 3.45. The molecule has 0 saturated carbocycles. The summed E-state index contributed by atoms with van der Waals surface area (Å²) in [6, 6.07) is 13.7. The van der Waals surface area contributed by atoms with Gasteiger partial charge in [0, 0.05) is 24.7 Å². The highest BCUT2D eigenvalue weighted by Gasteiger charge is 2.09. The van der Waals surface area contributed by atoms with Crippen LogP contribution in [0.5, 0.6) is 17.2 Å². The van der Waals surface area contributed by atoms with Gasteiger partial charge in [-0.2, -0.15) is 0 Å². The van der Waals surface area contributed by atoms with Crippen LogP contribution in [0.4, 0.5) is 0 Å². The Bertz CT molecular complexity index is 633. The van der Waals surface area contributed by atoms with E-state index < -0.39 is 0 Å². The summed E-state index contributed by atoms with van der Waals surface area (Å²) in [7, 11) is 0. The first-order valence-corrected chi connectivity index (χ1v) is 8.09.